The quantitative estimate of drug-likeness (QED) is 0.814. The number of carboxylic acid groups (broad SMARTS) is 1. The van der Waals surface area contributed by atoms with Crippen molar-refractivity contribution in [2.24, 2.45) is 0 Å². The third-order valence-electron chi connectivity index (χ3n) is 5.45. The van der Waals surface area contributed by atoms with Gasteiger partial charge in [-0.05, 0) is 68.1 Å². The monoisotopic (exact) mass is 391 g/mol. The van der Waals surface area contributed by atoms with Crippen LogP contribution in [0.15, 0.2) is 42.5 Å². The molecule has 2 aromatic carbocycles. The average molecular weight is 391 g/mol. The molecule has 150 valence electrons. The summed E-state index contributed by atoms with van der Waals surface area (Å²) < 4.78 is 0. The number of benzene rings is 2. The first kappa shape index (κ1) is 20.4. The number of anilines is 1. The summed E-state index contributed by atoms with van der Waals surface area (Å²) in [5.74, 6) is -0.0604. The third kappa shape index (κ3) is 3.81. The summed E-state index contributed by atoms with van der Waals surface area (Å²) in [6, 6.07) is 14.5. The Kier molecular flexibility index (Phi) is 5.60. The zero-order valence-corrected chi connectivity index (χ0v) is 17.1. The highest BCUT2D eigenvalue weighted by atomic mass is 16.4. The lowest BCUT2D eigenvalue weighted by atomic mass is 9.87. The fraction of sp³-hybridized carbons (Fsp3) is 0.348. The van der Waals surface area contributed by atoms with Crippen LogP contribution in [0, 0.1) is 11.3 Å². The van der Waals surface area contributed by atoms with E-state index in [-0.39, 0.29) is 24.0 Å². The van der Waals surface area contributed by atoms with E-state index >= 15 is 0 Å². The van der Waals surface area contributed by atoms with Gasteiger partial charge in [0.05, 0.1) is 17.7 Å². The maximum atomic E-state index is 12.3. The first-order valence-electron chi connectivity index (χ1n) is 9.70. The molecular formula is C23H25N3O3. The van der Waals surface area contributed by atoms with Crippen LogP contribution in [0.3, 0.4) is 0 Å². The molecule has 0 unspecified atom stereocenters. The first-order valence-corrected chi connectivity index (χ1v) is 9.70. The number of hydrogen-bond donors (Lipinski definition) is 1. The molecule has 6 nitrogen and oxygen atoms in total. The van der Waals surface area contributed by atoms with Gasteiger partial charge in [-0.2, -0.15) is 5.26 Å². The molecule has 0 fully saturated rings. The second kappa shape index (κ2) is 7.96. The van der Waals surface area contributed by atoms with Crippen LogP contribution in [0.5, 0.6) is 0 Å². The molecule has 29 heavy (non-hydrogen) atoms. The Morgan fingerprint density at radius 3 is 2.31 bits per heavy atom. The molecule has 3 rings (SSSR count). The van der Waals surface area contributed by atoms with Crippen molar-refractivity contribution in [2.45, 2.75) is 52.2 Å². The molecule has 0 saturated carbocycles. The molecule has 1 heterocycles. The van der Waals surface area contributed by atoms with Crippen LogP contribution in [-0.2, 0) is 4.79 Å². The van der Waals surface area contributed by atoms with Crippen molar-refractivity contribution in [2.75, 3.05) is 4.90 Å². The lowest BCUT2D eigenvalue weighted by molar-refractivity contribution is -0.117. The van der Waals surface area contributed by atoms with E-state index in [4.69, 9.17) is 5.26 Å². The Balaban J connectivity index is 2.16. The minimum atomic E-state index is -0.969. The zero-order valence-electron chi connectivity index (χ0n) is 17.1. The van der Waals surface area contributed by atoms with E-state index in [0.29, 0.717) is 12.0 Å². The van der Waals surface area contributed by atoms with Gasteiger partial charge in [0.25, 0.3) is 0 Å². The van der Waals surface area contributed by atoms with Gasteiger partial charge in [0.15, 0.2) is 0 Å². The Bertz CT molecular complexity index is 976. The molecule has 0 aromatic heterocycles. The molecule has 0 aliphatic carbocycles. The summed E-state index contributed by atoms with van der Waals surface area (Å²) >= 11 is 0. The maximum absolute atomic E-state index is 12.3. The fourth-order valence-corrected chi connectivity index (χ4v) is 4.21. The Hall–Kier alpha value is -3.33. The molecule has 0 saturated heterocycles. The summed E-state index contributed by atoms with van der Waals surface area (Å²) in [4.78, 5) is 27.5. The van der Waals surface area contributed by atoms with Crippen LogP contribution < -0.4 is 4.90 Å². The Morgan fingerprint density at radius 1 is 1.17 bits per heavy atom. The number of nitrogens with zero attached hydrogens (tertiary/aromatic N) is 3. The summed E-state index contributed by atoms with van der Waals surface area (Å²) in [6.45, 7) is 7.21. The van der Waals surface area contributed by atoms with Crippen LogP contribution in [-0.4, -0.2) is 34.1 Å². The van der Waals surface area contributed by atoms with Crippen molar-refractivity contribution < 1.29 is 14.7 Å². The van der Waals surface area contributed by atoms with Crippen LogP contribution >= 0.6 is 0 Å². The highest BCUT2D eigenvalue weighted by Crippen LogP contribution is 2.43. The number of nitriles is 1. The largest absolute Gasteiger partial charge is 0.465 e. The number of hydrogen-bond acceptors (Lipinski definition) is 3. The second-order valence-corrected chi connectivity index (χ2v) is 7.74. The molecule has 0 radical (unpaired) electrons. The van der Waals surface area contributed by atoms with Gasteiger partial charge in [0, 0.05) is 24.7 Å². The standard InChI is InChI=1S/C23H25N3O3/c1-14(2)25(23(28)29)22-11-15(3)26(16(4)27)21-10-9-19(12-20(21)22)18-7-5-17(13-24)6-8-18/h5-10,12,14-15,22H,11H2,1-4H3,(H,28,29)/t15-,22+/m0/s1. The summed E-state index contributed by atoms with van der Waals surface area (Å²) in [7, 11) is 0. The van der Waals surface area contributed by atoms with Gasteiger partial charge in [-0.25, -0.2) is 4.79 Å². The van der Waals surface area contributed by atoms with Crippen molar-refractivity contribution >= 4 is 17.7 Å². The Morgan fingerprint density at radius 2 is 1.79 bits per heavy atom. The summed E-state index contributed by atoms with van der Waals surface area (Å²) in [5.41, 5.74) is 4.02. The van der Waals surface area contributed by atoms with Gasteiger partial charge in [-0.15, -0.1) is 0 Å². The minimum Gasteiger partial charge on any atom is -0.465 e. The van der Waals surface area contributed by atoms with Gasteiger partial charge in [-0.3, -0.25) is 9.69 Å². The molecule has 1 aliphatic heterocycles. The molecule has 6 heteroatoms. The molecule has 2 amide bonds. The highest BCUT2D eigenvalue weighted by Gasteiger charge is 2.38. The van der Waals surface area contributed by atoms with E-state index < -0.39 is 6.09 Å². The lowest BCUT2D eigenvalue weighted by Crippen LogP contribution is -2.48. The maximum Gasteiger partial charge on any atom is 0.408 e. The van der Waals surface area contributed by atoms with Crippen molar-refractivity contribution in [3.63, 3.8) is 0 Å². The first-order chi connectivity index (χ1) is 13.7. The van der Waals surface area contributed by atoms with Crippen LogP contribution in [0.25, 0.3) is 11.1 Å². The van der Waals surface area contributed by atoms with Gasteiger partial charge >= 0.3 is 6.09 Å². The predicted molar refractivity (Wildman–Crippen MR) is 112 cm³/mol. The van der Waals surface area contributed by atoms with Crippen LogP contribution in [0.2, 0.25) is 0 Å². The summed E-state index contributed by atoms with van der Waals surface area (Å²) in [5, 5.41) is 18.9. The van der Waals surface area contributed by atoms with Gasteiger partial charge in [-0.1, -0.05) is 18.2 Å². The molecule has 0 spiro atoms. The van der Waals surface area contributed by atoms with E-state index in [9.17, 15) is 14.7 Å². The molecule has 0 bridgehead atoms. The van der Waals surface area contributed by atoms with Crippen molar-refractivity contribution in [3.8, 4) is 17.2 Å². The molecular weight excluding hydrogens is 366 g/mol. The van der Waals surface area contributed by atoms with Crippen LogP contribution in [0.1, 0.15) is 51.3 Å². The van der Waals surface area contributed by atoms with Crippen molar-refractivity contribution in [3.05, 3.63) is 53.6 Å². The van der Waals surface area contributed by atoms with E-state index in [1.54, 1.807) is 17.0 Å². The number of carbonyl (C=O) groups excluding carboxylic acids is 1. The van der Waals surface area contributed by atoms with E-state index in [1.807, 2.05) is 51.1 Å². The average Bonchev–Trinajstić information content (AvgIpc) is 2.67. The Labute approximate surface area is 171 Å². The zero-order chi connectivity index (χ0) is 21.3. The summed E-state index contributed by atoms with van der Waals surface area (Å²) in [6.07, 6.45) is -0.434. The fourth-order valence-electron chi connectivity index (χ4n) is 4.21. The minimum absolute atomic E-state index is 0.0604. The van der Waals surface area contributed by atoms with E-state index in [2.05, 4.69) is 6.07 Å². The molecule has 1 aliphatic rings. The number of rotatable bonds is 3. The lowest BCUT2D eigenvalue weighted by Gasteiger charge is -2.43. The van der Waals surface area contributed by atoms with E-state index in [1.165, 1.54) is 11.8 Å². The van der Waals surface area contributed by atoms with Gasteiger partial charge in [0.1, 0.15) is 0 Å². The predicted octanol–water partition coefficient (Wildman–Crippen LogP) is 4.80. The molecule has 1 N–H and O–H groups in total. The van der Waals surface area contributed by atoms with Gasteiger partial charge in [0.2, 0.25) is 5.91 Å². The van der Waals surface area contributed by atoms with Crippen molar-refractivity contribution in [1.82, 2.24) is 4.90 Å². The topological polar surface area (TPSA) is 84.6 Å². The van der Waals surface area contributed by atoms with E-state index in [0.717, 1.165) is 22.4 Å². The van der Waals surface area contributed by atoms with Crippen molar-refractivity contribution in [1.29, 1.82) is 5.26 Å². The normalized spacial score (nSPS) is 18.1. The molecule has 2 aromatic rings. The third-order valence-corrected chi connectivity index (χ3v) is 5.45. The van der Waals surface area contributed by atoms with Gasteiger partial charge < -0.3 is 10.0 Å². The second-order valence-electron chi connectivity index (χ2n) is 7.74. The number of amides is 2. The SMILES string of the molecule is CC(=O)N1c2ccc(-c3ccc(C#N)cc3)cc2[C@H](N(C(=O)O)C(C)C)C[C@@H]1C. The highest BCUT2D eigenvalue weighted by molar-refractivity contribution is 5.94. The molecule has 2 atom stereocenters. The number of fused-ring (bicyclic) bond motifs is 1. The number of carbonyl (C=O) groups is 2. The van der Waals surface area contributed by atoms with Crippen LogP contribution in [0.4, 0.5) is 10.5 Å². The smallest absolute Gasteiger partial charge is 0.408 e.